The van der Waals surface area contributed by atoms with E-state index in [1.165, 1.54) is 47.0 Å². The van der Waals surface area contributed by atoms with Crippen molar-refractivity contribution >= 4 is 0 Å². The van der Waals surface area contributed by atoms with Crippen LogP contribution in [0.4, 0.5) is 0 Å². The van der Waals surface area contributed by atoms with Crippen LogP contribution in [0.5, 0.6) is 0 Å². The van der Waals surface area contributed by atoms with Gasteiger partial charge >= 0.3 is 0 Å². The molecule has 20 aromatic rings. The van der Waals surface area contributed by atoms with Crippen LogP contribution >= 0.6 is 0 Å². The average molecular weight is 2480 g/mol. The van der Waals surface area contributed by atoms with Crippen LogP contribution in [0.3, 0.4) is 0 Å². The molecule has 135 heavy (non-hydrogen) atoms. The average Bonchev–Trinajstić information content (AvgIpc) is 0.815. The number of aromatic nitrogens is 9. The van der Waals surface area contributed by atoms with Crippen LogP contribution in [0.2, 0.25) is 0 Å². The van der Waals surface area contributed by atoms with Gasteiger partial charge in [-0.15, -0.1) is 287 Å². The SMILES string of the molecule is Cc1cc(-c2[c-]cccc2)ncc1-c1ccccn1.Cc1ccc(-c2ccc(-c3[c-]cccc3)nc2)cc1.[2H]C([2H])([2H])c1ccc(-c2ccc(-c3[c-]cccc3)nc2)cc1.[2H]C([2H])([2H])c1cnc(-c2[c-]cccc2)cc1C.[2H]C([2H])([2H])c1cnc(-c2[c-]cccc2)cc1C.[2H]C([2H])([2H])c1cnc(-c2[c-]cccc2)cc1C.[2H]C([2H])([2H])c1cnc(-c2[c-]cccc2)cc1C.[Ir].[Ir].[Ir].[Ir].[c-]1ccccc1-c1ccc(-c2ccccc2)cn1. The summed E-state index contributed by atoms with van der Waals surface area (Å²) >= 11 is 0. The second kappa shape index (κ2) is 55.1. The molecule has 0 aliphatic carbocycles. The van der Waals surface area contributed by atoms with Gasteiger partial charge in [0.2, 0.25) is 0 Å². The minimum absolute atomic E-state index is 0. The predicted octanol–water partition coefficient (Wildman–Crippen LogP) is 29.8. The molecule has 0 unspecified atom stereocenters. The van der Waals surface area contributed by atoms with Gasteiger partial charge < -0.3 is 39.9 Å². The standard InChI is InChI=1S/2C18H14N.C17H13N2.C17H12N.4C13H12N.4Ir/c2*1-14-7-9-15(10-8-14)17-11-12-18(19-13-17)16-5-3-2-4-6-16;1-13-11-17(14-7-3-2-4-8-14)19-12-15(13)16-9-5-6-10-18-16;1-3-7-14(8-4-1)16-11-12-17(18-13-16)15-9-5-2-6-10-15;4*1-10-8-13(14-9-11(10)2)12-6-4-3-5-7-12;;;;/h2*2-5,7-13H,1H3;2-7,9-12H,1H3;1-9,11-13H;4*3-6,8-9H,1-2H3;;;;/q8*-1;;;;/i1D3;;;;4*2D3;;;;. The molecule has 9 heterocycles. The number of aryl methyl sites for hydroxylation is 11. The third kappa shape index (κ3) is 32.1. The normalized spacial score (nSPS) is 12.1. The number of benzene rings is 11. The first kappa shape index (κ1) is 84.4. The van der Waals surface area contributed by atoms with E-state index in [2.05, 4.69) is 162 Å². The summed E-state index contributed by atoms with van der Waals surface area (Å²) < 4.78 is 111. The molecule has 0 saturated heterocycles. The summed E-state index contributed by atoms with van der Waals surface area (Å²) in [5.74, 6) is 0. The van der Waals surface area contributed by atoms with Gasteiger partial charge in [-0.2, -0.15) is 0 Å². The van der Waals surface area contributed by atoms with Gasteiger partial charge in [-0.05, 0) is 195 Å². The second-order valence-corrected chi connectivity index (χ2v) is 30.0. The minimum atomic E-state index is -2.10. The van der Waals surface area contributed by atoms with E-state index in [0.717, 1.165) is 146 Å². The quantitative estimate of drug-likeness (QED) is 0.110. The first-order valence-corrected chi connectivity index (χ1v) is 42.2. The van der Waals surface area contributed by atoms with Gasteiger partial charge in [-0.25, -0.2) is 0 Å². The fraction of sp³-hybridized carbons (Fsp3) is 0.0902. The Morgan fingerprint density at radius 3 is 0.659 bits per heavy atom. The van der Waals surface area contributed by atoms with Gasteiger partial charge in [-0.3, -0.25) is 4.98 Å². The summed E-state index contributed by atoms with van der Waals surface area (Å²) in [4.78, 5) is 39.1. The summed E-state index contributed by atoms with van der Waals surface area (Å²) in [6.45, 7) is 0.855. The van der Waals surface area contributed by atoms with E-state index < -0.39 is 34.3 Å². The van der Waals surface area contributed by atoms with Crippen molar-refractivity contribution in [3.05, 3.63) is 523 Å². The molecular weight excluding hydrogens is 2360 g/mol. The summed E-state index contributed by atoms with van der Waals surface area (Å²) in [6.07, 6.45) is 15.0. The van der Waals surface area contributed by atoms with Crippen LogP contribution in [0.15, 0.2) is 414 Å². The first-order chi connectivity index (χ1) is 70.1. The number of pyridine rings is 9. The van der Waals surface area contributed by atoms with E-state index in [0.29, 0.717) is 27.8 Å². The van der Waals surface area contributed by atoms with Gasteiger partial charge in [0.05, 0.1) is 5.69 Å². The van der Waals surface area contributed by atoms with E-state index in [4.69, 9.17) is 20.6 Å². The Bertz CT molecular complexity index is 7030. The topological polar surface area (TPSA) is 116 Å². The molecule has 13 heteroatoms. The first-order valence-electron chi connectivity index (χ1n) is 49.7. The molecule has 0 bridgehead atoms. The van der Waals surface area contributed by atoms with Crippen molar-refractivity contribution in [1.82, 2.24) is 44.9 Å². The molecule has 11 aromatic carbocycles. The Hall–Kier alpha value is -13.6. The molecular formula is C122H101Ir4N9-8. The van der Waals surface area contributed by atoms with Crippen LogP contribution in [0.1, 0.15) is 81.8 Å². The van der Waals surface area contributed by atoms with Gasteiger partial charge in [0, 0.05) is 162 Å². The smallest absolute Gasteiger partial charge is 0.0719 e. The number of hydrogen-bond donors (Lipinski definition) is 0. The van der Waals surface area contributed by atoms with Crippen molar-refractivity contribution in [1.29, 1.82) is 0 Å². The Morgan fingerprint density at radius 1 is 0.178 bits per heavy atom. The number of rotatable bonds is 12. The fourth-order valence-electron chi connectivity index (χ4n) is 12.9. The van der Waals surface area contributed by atoms with Crippen molar-refractivity contribution in [2.45, 2.75) is 75.8 Å². The second-order valence-electron chi connectivity index (χ2n) is 30.0. The maximum atomic E-state index is 7.39. The van der Waals surface area contributed by atoms with E-state index in [9.17, 15) is 0 Å². The van der Waals surface area contributed by atoms with Gasteiger partial charge in [0.1, 0.15) is 0 Å². The molecule has 0 N–H and O–H groups in total. The molecule has 0 atom stereocenters. The van der Waals surface area contributed by atoms with E-state index in [-0.39, 0.29) is 80.4 Å². The molecule has 678 valence electrons. The predicted molar refractivity (Wildman–Crippen MR) is 540 cm³/mol. The number of hydrogen-bond acceptors (Lipinski definition) is 9. The van der Waals surface area contributed by atoms with Crippen LogP contribution in [0, 0.1) is 124 Å². The maximum Gasteiger partial charge on any atom is 0.0719 e. The molecule has 4 radical (unpaired) electrons. The third-order valence-corrected chi connectivity index (χ3v) is 20.4. The molecule has 0 aliphatic rings. The van der Waals surface area contributed by atoms with Gasteiger partial charge in [0.15, 0.2) is 0 Å². The van der Waals surface area contributed by atoms with Crippen molar-refractivity contribution in [2.24, 2.45) is 0 Å². The molecule has 0 spiro atoms. The Morgan fingerprint density at radius 2 is 0.422 bits per heavy atom. The van der Waals surface area contributed by atoms with Crippen LogP contribution in [0.25, 0.3) is 135 Å². The van der Waals surface area contributed by atoms with E-state index >= 15 is 0 Å². The Labute approximate surface area is 873 Å². The van der Waals surface area contributed by atoms with Crippen molar-refractivity contribution in [3.63, 3.8) is 0 Å². The van der Waals surface area contributed by atoms with Crippen molar-refractivity contribution in [2.75, 3.05) is 0 Å². The van der Waals surface area contributed by atoms with Crippen LogP contribution in [-0.4, -0.2) is 44.9 Å². The third-order valence-electron chi connectivity index (χ3n) is 20.4. The largest absolute Gasteiger partial charge is 0.304 e. The van der Waals surface area contributed by atoms with Gasteiger partial charge in [-0.1, -0.05) is 185 Å². The Balaban J connectivity index is 0.000000190. The monoisotopic (exact) mass is 2480 g/mol. The van der Waals surface area contributed by atoms with E-state index in [1.54, 1.807) is 76.5 Å². The van der Waals surface area contributed by atoms with Crippen LogP contribution < -0.4 is 0 Å². The summed E-state index contributed by atoms with van der Waals surface area (Å²) in [5, 5.41) is 0. The molecule has 20 rings (SSSR count). The van der Waals surface area contributed by atoms with Gasteiger partial charge in [0.25, 0.3) is 0 Å². The molecule has 0 fully saturated rings. The Kier molecular flexibility index (Phi) is 34.5. The summed E-state index contributed by atoms with van der Waals surface area (Å²) in [7, 11) is 0. The maximum absolute atomic E-state index is 7.39. The molecule has 0 aliphatic heterocycles. The summed E-state index contributed by atoms with van der Waals surface area (Å²) in [5.41, 5.74) is 29.7. The zero-order chi connectivity index (χ0) is 104. The minimum Gasteiger partial charge on any atom is -0.304 e. The molecule has 9 aromatic heterocycles. The van der Waals surface area contributed by atoms with Crippen molar-refractivity contribution < 1.29 is 101 Å². The van der Waals surface area contributed by atoms with E-state index in [1.807, 2.05) is 286 Å². The summed E-state index contributed by atoms with van der Waals surface area (Å²) in [6, 6.07) is 139. The zero-order valence-electron chi connectivity index (χ0n) is 89.6. The van der Waals surface area contributed by atoms with Crippen LogP contribution in [-0.2, 0) is 80.4 Å². The molecule has 0 amide bonds. The number of nitrogens with zero attached hydrogens (tertiary/aromatic N) is 9. The van der Waals surface area contributed by atoms with Crippen molar-refractivity contribution in [3.8, 4) is 135 Å². The fourth-order valence-corrected chi connectivity index (χ4v) is 12.9. The molecule has 0 saturated carbocycles. The zero-order valence-corrected chi connectivity index (χ0v) is 84.2. The molecule has 9 nitrogen and oxygen atoms in total.